The number of hydrogen-bond donors (Lipinski definition) is 1. The van der Waals surface area contributed by atoms with Crippen molar-refractivity contribution in [1.29, 1.82) is 0 Å². The fraction of sp³-hybridized carbons (Fsp3) is 0.158. The van der Waals surface area contributed by atoms with Crippen molar-refractivity contribution in [2.24, 2.45) is 0 Å². The molecule has 0 saturated carbocycles. The van der Waals surface area contributed by atoms with Crippen LogP contribution in [0.15, 0.2) is 53.7 Å². The molecule has 2 aromatic heterocycles. The second-order valence-electron chi connectivity index (χ2n) is 5.76. The molecule has 4 rings (SSSR count). The Bertz CT molecular complexity index is 993. The minimum Gasteiger partial charge on any atom is -0.495 e. The predicted molar refractivity (Wildman–Crippen MR) is 112 cm³/mol. The van der Waals surface area contributed by atoms with Gasteiger partial charge in [-0.3, -0.25) is 4.79 Å². The van der Waals surface area contributed by atoms with E-state index in [1.165, 1.54) is 11.3 Å². The Hall–Kier alpha value is -2.22. The molecule has 1 N–H and O–H groups in total. The molecule has 0 spiro atoms. The van der Waals surface area contributed by atoms with E-state index < -0.39 is 0 Å². The lowest BCUT2D eigenvalue weighted by Crippen LogP contribution is -2.23. The van der Waals surface area contributed by atoms with E-state index in [1.54, 1.807) is 43.3 Å². The van der Waals surface area contributed by atoms with E-state index in [-0.39, 0.29) is 5.91 Å². The number of carbonyl (C=O) groups excluding carboxylic acids is 1. The number of methoxy groups -OCH3 is 1. The normalized spacial score (nSPS) is 13.2. The molecule has 0 atom stereocenters. The van der Waals surface area contributed by atoms with Crippen LogP contribution >= 0.6 is 34.7 Å². The third-order valence-corrected chi connectivity index (χ3v) is 6.40. The molecular weight excluding hydrogens is 402 g/mol. The number of halogens is 1. The lowest BCUT2D eigenvalue weighted by atomic mass is 10.3. The summed E-state index contributed by atoms with van der Waals surface area (Å²) in [6.45, 7) is 0.882. The van der Waals surface area contributed by atoms with Gasteiger partial charge in [0.15, 0.2) is 0 Å². The van der Waals surface area contributed by atoms with Crippen LogP contribution in [-0.4, -0.2) is 30.3 Å². The summed E-state index contributed by atoms with van der Waals surface area (Å²) in [4.78, 5) is 20.0. The van der Waals surface area contributed by atoms with Gasteiger partial charge in [-0.25, -0.2) is 4.98 Å². The molecule has 3 heterocycles. The first-order valence-electron chi connectivity index (χ1n) is 8.26. The van der Waals surface area contributed by atoms with Crippen LogP contribution in [0.1, 0.15) is 9.67 Å². The van der Waals surface area contributed by atoms with E-state index in [0.29, 0.717) is 21.3 Å². The van der Waals surface area contributed by atoms with Crippen LogP contribution in [0.25, 0.3) is 0 Å². The molecule has 1 aliphatic rings. The molecule has 0 saturated heterocycles. The Morgan fingerprint density at radius 3 is 3.04 bits per heavy atom. The summed E-state index contributed by atoms with van der Waals surface area (Å²) in [7, 11) is 1.56. The van der Waals surface area contributed by atoms with E-state index >= 15 is 0 Å². The second kappa shape index (κ2) is 7.80. The number of amides is 1. The van der Waals surface area contributed by atoms with Gasteiger partial charge in [0.05, 0.1) is 28.4 Å². The Balaban J connectivity index is 1.57. The summed E-state index contributed by atoms with van der Waals surface area (Å²) < 4.78 is 5.29. The third kappa shape index (κ3) is 3.76. The first-order valence-corrected chi connectivity index (χ1v) is 10.4. The molecule has 0 aliphatic carbocycles. The van der Waals surface area contributed by atoms with Crippen LogP contribution in [0, 0.1) is 0 Å². The van der Waals surface area contributed by atoms with Crippen LogP contribution in [0.3, 0.4) is 0 Å². The van der Waals surface area contributed by atoms with Crippen molar-refractivity contribution in [2.75, 3.05) is 29.6 Å². The number of benzene rings is 1. The van der Waals surface area contributed by atoms with Crippen molar-refractivity contribution in [3.05, 3.63) is 58.6 Å². The Labute approximate surface area is 170 Å². The molecule has 0 bridgehead atoms. The quantitative estimate of drug-likeness (QED) is 0.624. The zero-order chi connectivity index (χ0) is 18.8. The molecule has 0 radical (unpaired) electrons. The van der Waals surface area contributed by atoms with Crippen molar-refractivity contribution in [3.8, 4) is 5.75 Å². The molecular formula is C19H16ClN3O2S2. The Morgan fingerprint density at radius 2 is 2.19 bits per heavy atom. The lowest BCUT2D eigenvalue weighted by Gasteiger charge is -2.28. The highest BCUT2D eigenvalue weighted by Gasteiger charge is 2.22. The number of fused-ring (bicyclic) bond motifs is 1. The van der Waals surface area contributed by atoms with Gasteiger partial charge in [-0.05, 0) is 42.5 Å². The third-order valence-electron chi connectivity index (χ3n) is 4.09. The average molecular weight is 418 g/mol. The van der Waals surface area contributed by atoms with Gasteiger partial charge in [0, 0.05) is 23.5 Å². The summed E-state index contributed by atoms with van der Waals surface area (Å²) in [5.41, 5.74) is 1.63. The van der Waals surface area contributed by atoms with Gasteiger partial charge >= 0.3 is 0 Å². The number of anilines is 3. The SMILES string of the molecule is COc1ccc(Cl)cc1NC(=O)c1ccc(N2CCSc3ncccc32)s1. The van der Waals surface area contributed by atoms with Gasteiger partial charge in [-0.15, -0.1) is 23.1 Å². The maximum absolute atomic E-state index is 12.7. The van der Waals surface area contributed by atoms with Crippen LogP contribution < -0.4 is 15.0 Å². The maximum atomic E-state index is 12.7. The fourth-order valence-electron chi connectivity index (χ4n) is 2.84. The van der Waals surface area contributed by atoms with E-state index in [2.05, 4.69) is 21.3 Å². The zero-order valence-electron chi connectivity index (χ0n) is 14.4. The highest BCUT2D eigenvalue weighted by atomic mass is 35.5. The van der Waals surface area contributed by atoms with Crippen molar-refractivity contribution in [1.82, 2.24) is 4.98 Å². The number of nitrogens with one attached hydrogen (secondary N) is 1. The standard InChI is InChI=1S/C19H16ClN3O2S2/c1-25-15-5-4-12(20)11-13(15)22-18(24)16-6-7-17(27-16)23-9-10-26-19-14(23)3-2-8-21-19/h2-8,11H,9-10H2,1H3,(H,22,24). The lowest BCUT2D eigenvalue weighted by molar-refractivity contribution is 0.103. The predicted octanol–water partition coefficient (Wildman–Crippen LogP) is 5.30. The van der Waals surface area contributed by atoms with Gasteiger partial charge in [0.25, 0.3) is 5.91 Å². The number of nitrogens with zero attached hydrogens (tertiary/aromatic N) is 2. The Kier molecular flexibility index (Phi) is 5.24. The van der Waals surface area contributed by atoms with Crippen LogP contribution in [-0.2, 0) is 0 Å². The topological polar surface area (TPSA) is 54.5 Å². The molecule has 3 aromatic rings. The van der Waals surface area contributed by atoms with Crippen molar-refractivity contribution >= 4 is 57.0 Å². The molecule has 0 fully saturated rings. The summed E-state index contributed by atoms with van der Waals surface area (Å²) >= 11 is 9.24. The highest BCUT2D eigenvalue weighted by Crippen LogP contribution is 2.40. The minimum atomic E-state index is -0.190. The van der Waals surface area contributed by atoms with Gasteiger partial charge in [0.1, 0.15) is 10.8 Å². The van der Waals surface area contributed by atoms with Gasteiger partial charge in [-0.2, -0.15) is 0 Å². The fourth-order valence-corrected chi connectivity index (χ4v) is 4.88. The van der Waals surface area contributed by atoms with Crippen molar-refractivity contribution in [2.45, 2.75) is 5.03 Å². The summed E-state index contributed by atoms with van der Waals surface area (Å²) in [5.74, 6) is 1.34. The first kappa shape index (κ1) is 18.2. The average Bonchev–Trinajstić information content (AvgIpc) is 3.18. The molecule has 1 amide bonds. The summed E-state index contributed by atoms with van der Waals surface area (Å²) in [5, 5.41) is 5.46. The molecule has 1 aromatic carbocycles. The molecule has 138 valence electrons. The number of thioether (sulfide) groups is 1. The van der Waals surface area contributed by atoms with Crippen molar-refractivity contribution < 1.29 is 9.53 Å². The van der Waals surface area contributed by atoms with Crippen LogP contribution in [0.5, 0.6) is 5.75 Å². The van der Waals surface area contributed by atoms with E-state index in [9.17, 15) is 4.79 Å². The first-order chi connectivity index (χ1) is 13.2. The van der Waals surface area contributed by atoms with E-state index in [4.69, 9.17) is 16.3 Å². The van der Waals surface area contributed by atoms with Crippen molar-refractivity contribution in [3.63, 3.8) is 0 Å². The van der Waals surface area contributed by atoms with Gasteiger partial charge in [0.2, 0.25) is 0 Å². The number of rotatable bonds is 4. The van der Waals surface area contributed by atoms with Crippen LogP contribution in [0.2, 0.25) is 5.02 Å². The molecule has 0 unspecified atom stereocenters. The minimum absolute atomic E-state index is 0.190. The monoisotopic (exact) mass is 417 g/mol. The number of ether oxygens (including phenoxy) is 1. The number of pyridine rings is 1. The zero-order valence-corrected chi connectivity index (χ0v) is 16.8. The molecule has 1 aliphatic heterocycles. The maximum Gasteiger partial charge on any atom is 0.265 e. The van der Waals surface area contributed by atoms with E-state index in [1.807, 2.05) is 18.2 Å². The number of aromatic nitrogens is 1. The number of thiophene rings is 1. The molecule has 5 nitrogen and oxygen atoms in total. The second-order valence-corrected chi connectivity index (χ2v) is 8.35. The number of hydrogen-bond acceptors (Lipinski definition) is 6. The Morgan fingerprint density at radius 1 is 1.30 bits per heavy atom. The molecule has 27 heavy (non-hydrogen) atoms. The largest absolute Gasteiger partial charge is 0.495 e. The van der Waals surface area contributed by atoms with Crippen LogP contribution in [0.4, 0.5) is 16.4 Å². The smallest absolute Gasteiger partial charge is 0.265 e. The summed E-state index contributed by atoms with van der Waals surface area (Å²) in [6.07, 6.45) is 1.81. The van der Waals surface area contributed by atoms with Gasteiger partial charge in [-0.1, -0.05) is 11.6 Å². The summed E-state index contributed by atoms with van der Waals surface area (Å²) in [6, 6.07) is 12.9. The van der Waals surface area contributed by atoms with E-state index in [0.717, 1.165) is 28.0 Å². The molecule has 8 heteroatoms. The van der Waals surface area contributed by atoms with Gasteiger partial charge < -0.3 is 15.0 Å². The highest BCUT2D eigenvalue weighted by molar-refractivity contribution is 7.99. The number of carbonyl (C=O) groups is 1.